The fraction of sp³-hybridized carbons (Fsp3) is 0.316. The molecular weight excluding hydrogens is 316 g/mol. The van der Waals surface area contributed by atoms with E-state index in [0.29, 0.717) is 18.6 Å². The van der Waals surface area contributed by atoms with E-state index in [1.54, 1.807) is 0 Å². The third kappa shape index (κ3) is 4.28. The number of para-hydroxylation sites is 1. The molecule has 0 aromatic heterocycles. The van der Waals surface area contributed by atoms with Crippen LogP contribution in [0.15, 0.2) is 42.5 Å². The molecule has 0 fully saturated rings. The van der Waals surface area contributed by atoms with Crippen molar-refractivity contribution in [3.8, 4) is 11.5 Å². The van der Waals surface area contributed by atoms with Crippen LogP contribution < -0.4 is 4.74 Å². The van der Waals surface area contributed by atoms with Crippen LogP contribution in [0.3, 0.4) is 0 Å². The summed E-state index contributed by atoms with van der Waals surface area (Å²) in [5.74, 6) is 1.36. The summed E-state index contributed by atoms with van der Waals surface area (Å²) in [6, 6.07) is 13.5. The van der Waals surface area contributed by atoms with Gasteiger partial charge in [0.05, 0.1) is 12.2 Å². The van der Waals surface area contributed by atoms with Crippen molar-refractivity contribution in [3.63, 3.8) is 0 Å². The van der Waals surface area contributed by atoms with E-state index < -0.39 is 0 Å². The van der Waals surface area contributed by atoms with Crippen molar-refractivity contribution >= 4 is 43.7 Å². The molecule has 0 saturated carbocycles. The summed E-state index contributed by atoms with van der Waals surface area (Å²) in [5, 5.41) is 0. The van der Waals surface area contributed by atoms with Gasteiger partial charge >= 0.3 is 5.97 Å². The van der Waals surface area contributed by atoms with Gasteiger partial charge in [-0.05, 0) is 30.2 Å². The maximum atomic E-state index is 12.3. The van der Waals surface area contributed by atoms with E-state index in [1.165, 1.54) is 0 Å². The molecule has 3 rings (SSSR count). The monoisotopic (exact) mass is 336 g/mol. The van der Waals surface area contributed by atoms with Crippen LogP contribution in [0.2, 0.25) is 0 Å². The Morgan fingerprint density at radius 3 is 2.70 bits per heavy atom. The number of unbranched alkanes of at least 4 members (excludes halogenated alkanes) is 2. The minimum atomic E-state index is -0.254. The van der Waals surface area contributed by atoms with Crippen LogP contribution in [0.1, 0.15) is 47.7 Å². The summed E-state index contributed by atoms with van der Waals surface area (Å²) in [4.78, 5) is 12.3. The quantitative estimate of drug-likeness (QED) is 0.395. The molecule has 0 spiro atoms. The van der Waals surface area contributed by atoms with E-state index in [2.05, 4.69) is 6.92 Å². The van der Waals surface area contributed by atoms with Gasteiger partial charge in [-0.3, -0.25) is 0 Å². The molecule has 1 aliphatic rings. The van der Waals surface area contributed by atoms with Crippen molar-refractivity contribution in [2.24, 2.45) is 0 Å². The fourth-order valence-electron chi connectivity index (χ4n) is 2.69. The summed E-state index contributed by atoms with van der Waals surface area (Å²) in [7, 11) is 0. The summed E-state index contributed by atoms with van der Waals surface area (Å²) in [5.41, 5.74) is 2.63. The van der Waals surface area contributed by atoms with Gasteiger partial charge in [-0.25, -0.2) is 4.79 Å². The minimum Gasteiger partial charge on any atom is -0.462 e. The zero-order chi connectivity index (χ0) is 15.4. The van der Waals surface area contributed by atoms with Gasteiger partial charge < -0.3 is 9.47 Å². The van der Waals surface area contributed by atoms with E-state index in [-0.39, 0.29) is 43.7 Å². The van der Waals surface area contributed by atoms with E-state index in [4.69, 9.17) is 9.47 Å². The number of carbonyl (C=O) groups excluding carboxylic acids is 1. The molecule has 116 valence electrons. The van der Waals surface area contributed by atoms with E-state index in [9.17, 15) is 4.79 Å². The van der Waals surface area contributed by atoms with Crippen molar-refractivity contribution in [2.45, 2.75) is 32.6 Å². The van der Waals surface area contributed by atoms with Crippen molar-refractivity contribution in [1.29, 1.82) is 0 Å². The number of esters is 1. The SMILES string of the molecule is CCCCCOC(=O)c1cccc2c1Cc1ccccc1O2.[Ca]. The predicted molar refractivity (Wildman–Crippen MR) is 91.3 cm³/mol. The molecule has 0 amide bonds. The number of fused-ring (bicyclic) bond motifs is 2. The zero-order valence-corrected chi connectivity index (χ0v) is 15.7. The Morgan fingerprint density at radius 1 is 1.09 bits per heavy atom. The van der Waals surface area contributed by atoms with Gasteiger partial charge in [0.15, 0.2) is 0 Å². The summed E-state index contributed by atoms with van der Waals surface area (Å²) >= 11 is 0. The van der Waals surface area contributed by atoms with Crippen molar-refractivity contribution in [3.05, 3.63) is 59.2 Å². The standard InChI is InChI=1S/C19H20O3.Ca/c1-2-3-6-12-21-19(20)15-9-7-11-18-16(15)13-14-8-4-5-10-17(14)22-18;/h4-5,7-11H,2-3,6,12-13H2,1H3;. The number of rotatable bonds is 5. The van der Waals surface area contributed by atoms with Gasteiger partial charge in [0.2, 0.25) is 0 Å². The number of hydrogen-bond donors (Lipinski definition) is 0. The predicted octanol–water partition coefficient (Wildman–Crippen LogP) is 4.35. The number of hydrogen-bond acceptors (Lipinski definition) is 3. The topological polar surface area (TPSA) is 35.5 Å². The van der Waals surface area contributed by atoms with E-state index in [0.717, 1.165) is 41.9 Å². The van der Waals surface area contributed by atoms with Crippen LogP contribution in [-0.2, 0) is 11.2 Å². The fourth-order valence-corrected chi connectivity index (χ4v) is 2.69. The molecule has 0 saturated heterocycles. The third-order valence-electron chi connectivity index (χ3n) is 3.89. The average molecular weight is 336 g/mol. The summed E-state index contributed by atoms with van der Waals surface area (Å²) in [6.45, 7) is 2.61. The van der Waals surface area contributed by atoms with Gasteiger partial charge in [0, 0.05) is 49.7 Å². The Bertz CT molecular complexity index is 682. The molecule has 0 bridgehead atoms. The molecule has 0 unspecified atom stereocenters. The molecule has 4 heteroatoms. The second kappa shape index (κ2) is 8.72. The van der Waals surface area contributed by atoms with Crippen molar-refractivity contribution in [2.75, 3.05) is 6.61 Å². The molecular formula is C19H20CaO3. The van der Waals surface area contributed by atoms with Gasteiger partial charge in [-0.15, -0.1) is 0 Å². The molecule has 2 aromatic carbocycles. The second-order valence-corrected chi connectivity index (χ2v) is 5.51. The largest absolute Gasteiger partial charge is 0.462 e. The smallest absolute Gasteiger partial charge is 0.338 e. The Kier molecular flexibility index (Phi) is 6.94. The maximum absolute atomic E-state index is 12.3. The number of benzene rings is 2. The van der Waals surface area contributed by atoms with E-state index in [1.807, 2.05) is 42.5 Å². The third-order valence-corrected chi connectivity index (χ3v) is 3.89. The molecule has 3 nitrogen and oxygen atoms in total. The van der Waals surface area contributed by atoms with Gasteiger partial charge in [0.1, 0.15) is 11.5 Å². The first kappa shape index (κ1) is 18.3. The minimum absolute atomic E-state index is 0. The molecule has 0 atom stereocenters. The average Bonchev–Trinajstić information content (AvgIpc) is 2.56. The van der Waals surface area contributed by atoms with Crippen molar-refractivity contribution < 1.29 is 14.3 Å². The normalized spacial score (nSPS) is 11.5. The Hall–Kier alpha value is -1.03. The number of ether oxygens (including phenoxy) is 2. The molecule has 1 aliphatic heterocycles. The molecule has 2 radical (unpaired) electrons. The summed E-state index contributed by atoms with van der Waals surface area (Å²) in [6.07, 6.45) is 3.81. The Labute approximate surface area is 167 Å². The van der Waals surface area contributed by atoms with Gasteiger partial charge in [-0.1, -0.05) is 44.0 Å². The second-order valence-electron chi connectivity index (χ2n) is 5.51. The van der Waals surface area contributed by atoms with Crippen LogP contribution in [-0.4, -0.2) is 50.3 Å². The molecule has 0 aliphatic carbocycles. The first-order chi connectivity index (χ1) is 10.8. The Balaban J connectivity index is 0.00000192. The van der Waals surface area contributed by atoms with E-state index >= 15 is 0 Å². The zero-order valence-electron chi connectivity index (χ0n) is 13.5. The van der Waals surface area contributed by atoms with Gasteiger partial charge in [-0.2, -0.15) is 0 Å². The van der Waals surface area contributed by atoms with Crippen molar-refractivity contribution in [1.82, 2.24) is 0 Å². The van der Waals surface area contributed by atoms with Crippen LogP contribution in [0.4, 0.5) is 0 Å². The molecule has 0 N–H and O–H groups in total. The van der Waals surface area contributed by atoms with Crippen LogP contribution in [0.5, 0.6) is 11.5 Å². The molecule has 2 aromatic rings. The first-order valence-corrected chi connectivity index (χ1v) is 7.84. The number of carbonyl (C=O) groups is 1. The van der Waals surface area contributed by atoms with Crippen LogP contribution >= 0.6 is 0 Å². The first-order valence-electron chi connectivity index (χ1n) is 7.84. The van der Waals surface area contributed by atoms with Gasteiger partial charge in [0.25, 0.3) is 0 Å². The maximum Gasteiger partial charge on any atom is 0.338 e. The van der Waals surface area contributed by atoms with Crippen LogP contribution in [0, 0.1) is 0 Å². The summed E-state index contributed by atoms with van der Waals surface area (Å²) < 4.78 is 11.3. The Morgan fingerprint density at radius 2 is 1.87 bits per heavy atom. The molecule has 23 heavy (non-hydrogen) atoms. The van der Waals surface area contributed by atoms with Crippen LogP contribution in [0.25, 0.3) is 0 Å². The molecule has 1 heterocycles.